The maximum Gasteiger partial charge on any atom is 0.252 e. The lowest BCUT2D eigenvalue weighted by molar-refractivity contribution is 0.0527. The fourth-order valence-corrected chi connectivity index (χ4v) is 1.19. The molecule has 6 nitrogen and oxygen atoms in total. The molecule has 1 aromatic rings. The van der Waals surface area contributed by atoms with E-state index in [-0.39, 0.29) is 16.9 Å². The highest BCUT2D eigenvalue weighted by Crippen LogP contribution is 2.23. The molecular formula is C10H10N2O4. The number of primary amides is 1. The predicted molar refractivity (Wildman–Crippen MR) is 53.2 cm³/mol. The molecule has 1 aromatic carbocycles. The van der Waals surface area contributed by atoms with Crippen molar-refractivity contribution in [3.05, 3.63) is 29.3 Å². The Morgan fingerprint density at radius 2 is 2.06 bits per heavy atom. The van der Waals surface area contributed by atoms with Crippen molar-refractivity contribution in [2.24, 2.45) is 5.73 Å². The quantitative estimate of drug-likeness (QED) is 0.508. The summed E-state index contributed by atoms with van der Waals surface area (Å²) in [5.41, 5.74) is 4.93. The summed E-state index contributed by atoms with van der Waals surface area (Å²) in [7, 11) is 0. The minimum Gasteiger partial charge on any atom is -0.507 e. The molecule has 0 radical (unpaired) electrons. The fourth-order valence-electron chi connectivity index (χ4n) is 1.19. The van der Waals surface area contributed by atoms with Gasteiger partial charge in [-0.1, -0.05) is 6.07 Å². The van der Waals surface area contributed by atoms with E-state index in [1.807, 2.05) is 0 Å². The number of hydrogen-bond acceptors (Lipinski definition) is 5. The van der Waals surface area contributed by atoms with Crippen LogP contribution in [0.1, 0.15) is 22.0 Å². The zero-order valence-corrected chi connectivity index (χ0v) is 8.16. The average Bonchev–Trinajstić information content (AvgIpc) is 2.27. The molecule has 16 heavy (non-hydrogen) atoms. The van der Waals surface area contributed by atoms with E-state index in [9.17, 15) is 15.0 Å². The molecule has 0 fully saturated rings. The number of aliphatic hydroxyl groups excluding tert-OH is 2. The van der Waals surface area contributed by atoms with Gasteiger partial charge in [0.15, 0.2) is 6.10 Å². The normalized spacial score (nSPS) is 13.8. The van der Waals surface area contributed by atoms with Crippen LogP contribution in [0.3, 0.4) is 0 Å². The van der Waals surface area contributed by atoms with E-state index in [4.69, 9.17) is 16.1 Å². The Kier molecular flexibility index (Phi) is 3.45. The number of amides is 1. The van der Waals surface area contributed by atoms with Crippen LogP contribution in [0.2, 0.25) is 0 Å². The van der Waals surface area contributed by atoms with Crippen molar-refractivity contribution in [2.45, 2.75) is 12.2 Å². The number of aromatic hydroxyl groups is 1. The van der Waals surface area contributed by atoms with E-state index in [0.717, 1.165) is 12.1 Å². The number of carbonyl (C=O) groups excluding carboxylic acids is 1. The van der Waals surface area contributed by atoms with Gasteiger partial charge in [0.2, 0.25) is 0 Å². The van der Waals surface area contributed by atoms with Gasteiger partial charge < -0.3 is 21.1 Å². The third-order valence-electron chi connectivity index (χ3n) is 2.06. The molecular weight excluding hydrogens is 212 g/mol. The largest absolute Gasteiger partial charge is 0.507 e. The fraction of sp³-hybridized carbons (Fsp3) is 0.200. The Bertz CT molecular complexity index is 453. The Labute approximate surface area is 91.2 Å². The van der Waals surface area contributed by atoms with Gasteiger partial charge in [-0.3, -0.25) is 4.79 Å². The monoisotopic (exact) mass is 222 g/mol. The minimum absolute atomic E-state index is 0.126. The molecule has 2 atom stereocenters. The summed E-state index contributed by atoms with van der Waals surface area (Å²) in [6.07, 6.45) is -3.06. The van der Waals surface area contributed by atoms with Gasteiger partial charge in [0.25, 0.3) is 5.91 Å². The number of phenols is 1. The molecule has 0 bridgehead atoms. The number of aliphatic hydroxyl groups is 2. The molecule has 2 unspecified atom stereocenters. The summed E-state index contributed by atoms with van der Waals surface area (Å²) in [6, 6.07) is 5.02. The molecule has 84 valence electrons. The van der Waals surface area contributed by atoms with Gasteiger partial charge in [-0.25, -0.2) is 0 Å². The highest BCUT2D eigenvalue weighted by atomic mass is 16.3. The molecule has 0 spiro atoms. The molecule has 0 saturated heterocycles. The van der Waals surface area contributed by atoms with Gasteiger partial charge in [-0.15, -0.1) is 0 Å². The molecule has 1 rings (SSSR count). The third-order valence-corrected chi connectivity index (χ3v) is 2.06. The lowest BCUT2D eigenvalue weighted by Crippen LogP contribution is -2.17. The maximum absolute atomic E-state index is 10.9. The van der Waals surface area contributed by atoms with E-state index in [1.165, 1.54) is 12.1 Å². The number of benzene rings is 1. The van der Waals surface area contributed by atoms with Crippen LogP contribution in [0.25, 0.3) is 0 Å². The van der Waals surface area contributed by atoms with Crippen molar-refractivity contribution >= 4 is 5.91 Å². The van der Waals surface area contributed by atoms with Gasteiger partial charge in [0.1, 0.15) is 11.9 Å². The first-order valence-corrected chi connectivity index (χ1v) is 4.36. The zero-order valence-electron chi connectivity index (χ0n) is 8.16. The van der Waals surface area contributed by atoms with Gasteiger partial charge in [-0.05, 0) is 17.7 Å². The molecule has 5 N–H and O–H groups in total. The van der Waals surface area contributed by atoms with E-state index >= 15 is 0 Å². The number of rotatable bonds is 3. The van der Waals surface area contributed by atoms with E-state index < -0.39 is 18.1 Å². The van der Waals surface area contributed by atoms with Crippen molar-refractivity contribution in [3.8, 4) is 11.8 Å². The SMILES string of the molecule is N#CC(O)C(O)c1ccc(O)c(C(N)=O)c1. The Morgan fingerprint density at radius 1 is 1.44 bits per heavy atom. The van der Waals surface area contributed by atoms with Crippen LogP contribution < -0.4 is 5.73 Å². The molecule has 0 aliphatic rings. The Morgan fingerprint density at radius 3 is 2.56 bits per heavy atom. The van der Waals surface area contributed by atoms with Crippen molar-refractivity contribution in [2.75, 3.05) is 0 Å². The number of nitrogens with two attached hydrogens (primary N) is 1. The molecule has 0 heterocycles. The van der Waals surface area contributed by atoms with Gasteiger partial charge >= 0.3 is 0 Å². The van der Waals surface area contributed by atoms with E-state index in [0.29, 0.717) is 0 Å². The summed E-state index contributed by atoms with van der Waals surface area (Å²) in [5.74, 6) is -1.19. The first-order chi connectivity index (χ1) is 7.47. The highest BCUT2D eigenvalue weighted by Gasteiger charge is 2.19. The third kappa shape index (κ3) is 2.28. The lowest BCUT2D eigenvalue weighted by Gasteiger charge is -2.13. The molecule has 0 aliphatic carbocycles. The van der Waals surface area contributed by atoms with E-state index in [2.05, 4.69) is 0 Å². The van der Waals surface area contributed by atoms with Crippen LogP contribution in [0.5, 0.6) is 5.75 Å². The van der Waals surface area contributed by atoms with Gasteiger partial charge in [0.05, 0.1) is 11.6 Å². The predicted octanol–water partition coefficient (Wildman–Crippen LogP) is -0.591. The van der Waals surface area contributed by atoms with Gasteiger partial charge in [0, 0.05) is 0 Å². The first kappa shape index (κ1) is 12.0. The maximum atomic E-state index is 10.9. The molecule has 0 aromatic heterocycles. The molecule has 0 saturated carbocycles. The van der Waals surface area contributed by atoms with Crippen LogP contribution in [0, 0.1) is 11.3 Å². The van der Waals surface area contributed by atoms with Crippen molar-refractivity contribution < 1.29 is 20.1 Å². The summed E-state index contributed by atoms with van der Waals surface area (Å²) in [6.45, 7) is 0. The molecule has 6 heteroatoms. The Balaban J connectivity index is 3.13. The first-order valence-electron chi connectivity index (χ1n) is 4.36. The number of hydrogen-bond donors (Lipinski definition) is 4. The minimum atomic E-state index is -1.61. The van der Waals surface area contributed by atoms with Crippen LogP contribution in [0.15, 0.2) is 18.2 Å². The second kappa shape index (κ2) is 4.61. The van der Waals surface area contributed by atoms with E-state index in [1.54, 1.807) is 0 Å². The molecule has 1 amide bonds. The van der Waals surface area contributed by atoms with Crippen LogP contribution >= 0.6 is 0 Å². The lowest BCUT2D eigenvalue weighted by atomic mass is 10.0. The van der Waals surface area contributed by atoms with Crippen LogP contribution in [-0.4, -0.2) is 27.3 Å². The second-order valence-electron chi connectivity index (χ2n) is 3.16. The van der Waals surface area contributed by atoms with Crippen LogP contribution in [0.4, 0.5) is 0 Å². The highest BCUT2D eigenvalue weighted by molar-refractivity contribution is 5.95. The summed E-state index contributed by atoms with van der Waals surface area (Å²) in [4.78, 5) is 10.9. The topological polar surface area (TPSA) is 128 Å². The van der Waals surface area contributed by atoms with Crippen molar-refractivity contribution in [1.82, 2.24) is 0 Å². The number of carbonyl (C=O) groups is 1. The van der Waals surface area contributed by atoms with Crippen molar-refractivity contribution in [1.29, 1.82) is 5.26 Å². The Hall–Kier alpha value is -2.10. The summed E-state index contributed by atoms with van der Waals surface area (Å²) < 4.78 is 0. The summed E-state index contributed by atoms with van der Waals surface area (Å²) in [5, 5.41) is 36.2. The van der Waals surface area contributed by atoms with Crippen LogP contribution in [-0.2, 0) is 0 Å². The smallest absolute Gasteiger partial charge is 0.252 e. The second-order valence-corrected chi connectivity index (χ2v) is 3.16. The summed E-state index contributed by atoms with van der Waals surface area (Å²) >= 11 is 0. The average molecular weight is 222 g/mol. The standard InChI is InChI=1S/C10H10N2O4/c11-4-8(14)9(15)5-1-2-7(13)6(3-5)10(12)16/h1-3,8-9,13-15H,(H2,12,16). The number of nitriles is 1. The van der Waals surface area contributed by atoms with Crippen molar-refractivity contribution in [3.63, 3.8) is 0 Å². The zero-order chi connectivity index (χ0) is 12.3. The van der Waals surface area contributed by atoms with Gasteiger partial charge in [-0.2, -0.15) is 5.26 Å². The number of nitrogens with zero attached hydrogens (tertiary/aromatic N) is 1. The molecule has 0 aliphatic heterocycles.